The number of hydrogen-bond donors (Lipinski definition) is 0. The third-order valence-corrected chi connectivity index (χ3v) is 2.43. The SMILES string of the molecule is COC(=O)CC(=O)C=Cc1ccc2c(c1)OC(F)(F)O2. The van der Waals surface area contributed by atoms with E-state index in [1.807, 2.05) is 0 Å². The van der Waals surface area contributed by atoms with Gasteiger partial charge in [0.1, 0.15) is 6.42 Å². The Morgan fingerprint density at radius 1 is 1.30 bits per heavy atom. The highest BCUT2D eigenvalue weighted by Gasteiger charge is 2.43. The molecule has 7 heteroatoms. The van der Waals surface area contributed by atoms with E-state index in [0.29, 0.717) is 5.56 Å². The van der Waals surface area contributed by atoms with Gasteiger partial charge >= 0.3 is 12.3 Å². The van der Waals surface area contributed by atoms with Gasteiger partial charge in [0, 0.05) is 0 Å². The fourth-order valence-corrected chi connectivity index (χ4v) is 1.53. The molecule has 5 nitrogen and oxygen atoms in total. The summed E-state index contributed by atoms with van der Waals surface area (Å²) >= 11 is 0. The van der Waals surface area contributed by atoms with Crippen molar-refractivity contribution >= 4 is 17.8 Å². The second-order valence-corrected chi connectivity index (χ2v) is 3.93. The van der Waals surface area contributed by atoms with Crippen LogP contribution >= 0.6 is 0 Å². The molecule has 106 valence electrons. The fraction of sp³-hybridized carbons (Fsp3) is 0.231. The van der Waals surface area contributed by atoms with Crippen LogP contribution in [0.4, 0.5) is 8.78 Å². The standard InChI is InChI=1S/C13H10F2O5/c1-18-12(17)7-9(16)4-2-8-3-5-10-11(6-8)20-13(14,15)19-10/h2-6H,7H2,1H3. The van der Waals surface area contributed by atoms with Gasteiger partial charge in [0.15, 0.2) is 17.3 Å². The highest BCUT2D eigenvalue weighted by molar-refractivity contribution is 6.03. The number of halogens is 2. The van der Waals surface area contributed by atoms with E-state index in [1.165, 1.54) is 31.4 Å². The third-order valence-electron chi connectivity index (χ3n) is 2.43. The molecule has 1 aromatic rings. The molecule has 1 heterocycles. The van der Waals surface area contributed by atoms with E-state index < -0.39 is 18.0 Å². The molecule has 0 atom stereocenters. The number of alkyl halides is 2. The van der Waals surface area contributed by atoms with Crippen molar-refractivity contribution in [1.82, 2.24) is 0 Å². The van der Waals surface area contributed by atoms with Gasteiger partial charge in [0.05, 0.1) is 7.11 Å². The molecule has 0 saturated heterocycles. The van der Waals surface area contributed by atoms with Crippen molar-refractivity contribution in [2.24, 2.45) is 0 Å². The van der Waals surface area contributed by atoms with E-state index in [0.717, 1.165) is 6.08 Å². The molecule has 0 N–H and O–H groups in total. The van der Waals surface area contributed by atoms with E-state index >= 15 is 0 Å². The molecule has 0 amide bonds. The van der Waals surface area contributed by atoms with Gasteiger partial charge in [0.2, 0.25) is 0 Å². The summed E-state index contributed by atoms with van der Waals surface area (Å²) in [7, 11) is 1.18. The summed E-state index contributed by atoms with van der Waals surface area (Å²) in [5.74, 6) is -1.30. The van der Waals surface area contributed by atoms with Crippen LogP contribution in [0, 0.1) is 0 Å². The third kappa shape index (κ3) is 3.31. The number of carbonyl (C=O) groups is 2. The zero-order valence-electron chi connectivity index (χ0n) is 10.4. The minimum Gasteiger partial charge on any atom is -0.469 e. The normalized spacial score (nSPS) is 15.3. The Kier molecular flexibility index (Phi) is 3.69. The highest BCUT2D eigenvalue weighted by atomic mass is 19.3. The number of ether oxygens (including phenoxy) is 3. The predicted octanol–water partition coefficient (Wildman–Crippen LogP) is 2.15. The van der Waals surface area contributed by atoms with Crippen LogP contribution in [0.3, 0.4) is 0 Å². The van der Waals surface area contributed by atoms with Gasteiger partial charge < -0.3 is 14.2 Å². The molecule has 0 aromatic heterocycles. The molecule has 0 aliphatic carbocycles. The van der Waals surface area contributed by atoms with Gasteiger partial charge in [-0.05, 0) is 23.8 Å². The molecular formula is C13H10F2O5. The molecule has 0 bridgehead atoms. The Hall–Kier alpha value is -2.44. The van der Waals surface area contributed by atoms with Gasteiger partial charge in [-0.2, -0.15) is 0 Å². The van der Waals surface area contributed by atoms with E-state index in [2.05, 4.69) is 14.2 Å². The number of rotatable bonds is 4. The number of esters is 1. The zero-order valence-corrected chi connectivity index (χ0v) is 10.4. The number of fused-ring (bicyclic) bond motifs is 1. The lowest BCUT2D eigenvalue weighted by Crippen LogP contribution is -2.25. The minimum atomic E-state index is -3.68. The summed E-state index contributed by atoms with van der Waals surface area (Å²) in [6, 6.07) is 4.09. The van der Waals surface area contributed by atoms with Crippen LogP contribution in [0.1, 0.15) is 12.0 Å². The quantitative estimate of drug-likeness (QED) is 0.481. The van der Waals surface area contributed by atoms with E-state index in [4.69, 9.17) is 0 Å². The number of carbonyl (C=O) groups excluding carboxylic acids is 2. The molecule has 0 radical (unpaired) electrons. The van der Waals surface area contributed by atoms with Crippen molar-refractivity contribution in [3.63, 3.8) is 0 Å². The first-order chi connectivity index (χ1) is 9.39. The summed E-state index contributed by atoms with van der Waals surface area (Å²) < 4.78 is 38.4. The zero-order chi connectivity index (χ0) is 14.8. The summed E-state index contributed by atoms with van der Waals surface area (Å²) in [5.41, 5.74) is 0.461. The Morgan fingerprint density at radius 3 is 2.70 bits per heavy atom. The van der Waals surface area contributed by atoms with Crippen molar-refractivity contribution in [2.45, 2.75) is 12.7 Å². The lowest BCUT2D eigenvalue weighted by Gasteiger charge is -2.04. The average Bonchev–Trinajstić information content (AvgIpc) is 2.69. The van der Waals surface area contributed by atoms with Crippen LogP contribution in [0.15, 0.2) is 24.3 Å². The maximum absolute atomic E-state index is 12.8. The largest absolute Gasteiger partial charge is 0.586 e. The Morgan fingerprint density at radius 2 is 2.00 bits per heavy atom. The molecule has 20 heavy (non-hydrogen) atoms. The molecule has 0 saturated carbocycles. The number of benzene rings is 1. The number of ketones is 1. The first kappa shape index (κ1) is 14.0. The van der Waals surface area contributed by atoms with Crippen molar-refractivity contribution in [1.29, 1.82) is 0 Å². The summed E-state index contributed by atoms with van der Waals surface area (Å²) in [4.78, 5) is 22.2. The van der Waals surface area contributed by atoms with Crippen LogP contribution in [0.5, 0.6) is 11.5 Å². The van der Waals surface area contributed by atoms with Crippen LogP contribution in [-0.4, -0.2) is 25.2 Å². The maximum atomic E-state index is 12.8. The average molecular weight is 284 g/mol. The van der Waals surface area contributed by atoms with Crippen molar-refractivity contribution in [2.75, 3.05) is 7.11 Å². The first-order valence-corrected chi connectivity index (χ1v) is 5.57. The lowest BCUT2D eigenvalue weighted by molar-refractivity contribution is -0.286. The molecule has 1 aromatic carbocycles. The molecule has 0 fully saturated rings. The molecule has 1 aliphatic heterocycles. The summed E-state index contributed by atoms with van der Waals surface area (Å²) in [6.07, 6.45) is -1.51. The van der Waals surface area contributed by atoms with Crippen molar-refractivity contribution in [3.05, 3.63) is 29.8 Å². The molecule has 1 aliphatic rings. The molecule has 0 unspecified atom stereocenters. The Balaban J connectivity index is 2.05. The van der Waals surface area contributed by atoms with Crippen LogP contribution in [-0.2, 0) is 14.3 Å². The topological polar surface area (TPSA) is 61.8 Å². The van der Waals surface area contributed by atoms with Crippen molar-refractivity contribution in [3.8, 4) is 11.5 Å². The number of methoxy groups -OCH3 is 1. The Labute approximate surface area is 112 Å². The Bertz CT molecular complexity index is 580. The second-order valence-electron chi connectivity index (χ2n) is 3.93. The monoisotopic (exact) mass is 284 g/mol. The van der Waals surface area contributed by atoms with E-state index in [-0.39, 0.29) is 17.9 Å². The lowest BCUT2D eigenvalue weighted by atomic mass is 10.1. The molecular weight excluding hydrogens is 274 g/mol. The van der Waals surface area contributed by atoms with Gasteiger partial charge in [-0.1, -0.05) is 12.1 Å². The van der Waals surface area contributed by atoms with Crippen molar-refractivity contribution < 1.29 is 32.6 Å². The first-order valence-electron chi connectivity index (χ1n) is 5.57. The number of allylic oxidation sites excluding steroid dienone is 1. The maximum Gasteiger partial charge on any atom is 0.586 e. The summed E-state index contributed by atoms with van der Waals surface area (Å²) in [5, 5.41) is 0. The highest BCUT2D eigenvalue weighted by Crippen LogP contribution is 2.41. The number of hydrogen-bond acceptors (Lipinski definition) is 5. The fourth-order valence-electron chi connectivity index (χ4n) is 1.53. The second kappa shape index (κ2) is 5.28. The van der Waals surface area contributed by atoms with Crippen LogP contribution < -0.4 is 9.47 Å². The predicted molar refractivity (Wildman–Crippen MR) is 63.3 cm³/mol. The van der Waals surface area contributed by atoms with E-state index in [1.54, 1.807) is 0 Å². The smallest absolute Gasteiger partial charge is 0.469 e. The van der Waals surface area contributed by atoms with Gasteiger partial charge in [-0.25, -0.2) is 0 Å². The van der Waals surface area contributed by atoms with Crippen LogP contribution in [0.25, 0.3) is 6.08 Å². The summed E-state index contributed by atoms with van der Waals surface area (Å²) in [6.45, 7) is 0. The van der Waals surface area contributed by atoms with E-state index in [9.17, 15) is 18.4 Å². The van der Waals surface area contributed by atoms with Crippen LogP contribution in [0.2, 0.25) is 0 Å². The molecule has 2 rings (SSSR count). The van der Waals surface area contributed by atoms with Gasteiger partial charge in [0.25, 0.3) is 0 Å². The van der Waals surface area contributed by atoms with Gasteiger partial charge in [-0.15, -0.1) is 8.78 Å². The molecule has 0 spiro atoms. The van der Waals surface area contributed by atoms with Gasteiger partial charge in [-0.3, -0.25) is 9.59 Å². The minimum absolute atomic E-state index is 0.0759.